The highest BCUT2D eigenvalue weighted by atomic mass is 16.5. The molecule has 2 fully saturated rings. The first kappa shape index (κ1) is 19.4. The van der Waals surface area contributed by atoms with E-state index in [1.807, 2.05) is 34.7 Å². The van der Waals surface area contributed by atoms with Crippen LogP contribution in [0.4, 0.5) is 0 Å². The van der Waals surface area contributed by atoms with Gasteiger partial charge in [0, 0.05) is 56.4 Å². The van der Waals surface area contributed by atoms with Crippen LogP contribution in [-0.4, -0.2) is 52.8 Å². The van der Waals surface area contributed by atoms with E-state index in [1.54, 1.807) is 13.3 Å². The normalized spacial score (nSPS) is 24.7. The number of amides is 1. The van der Waals surface area contributed by atoms with E-state index in [0.717, 1.165) is 55.2 Å². The van der Waals surface area contributed by atoms with Gasteiger partial charge in [-0.05, 0) is 25.8 Å². The molecule has 1 spiro atoms. The number of para-hydroxylation sites is 1. The highest BCUT2D eigenvalue weighted by Gasteiger charge is 2.53. The molecule has 0 saturated carbocycles. The van der Waals surface area contributed by atoms with Gasteiger partial charge in [0.05, 0.1) is 13.2 Å². The Hall–Kier alpha value is -2.54. The number of aryl methyl sites for hydroxylation is 1. The van der Waals surface area contributed by atoms with E-state index >= 15 is 0 Å². The topological polar surface area (TPSA) is 65.8 Å². The van der Waals surface area contributed by atoms with E-state index in [0.29, 0.717) is 25.6 Å². The number of aromatic nitrogens is 2. The van der Waals surface area contributed by atoms with Crippen molar-refractivity contribution in [1.29, 1.82) is 0 Å². The van der Waals surface area contributed by atoms with Gasteiger partial charge in [-0.25, -0.2) is 4.98 Å². The molecule has 2 aromatic rings. The van der Waals surface area contributed by atoms with Gasteiger partial charge >= 0.3 is 0 Å². The first-order valence-electron chi connectivity index (χ1n) is 10.8. The maximum Gasteiger partial charge on any atom is 0.242 e. The standard InChI is InChI=1S/C23H29N3O4/c1-16-24-10-13-26(16)15-20(27)25-11-8-23(9-12-25)18-6-4-14-29-21(18)17-5-3-7-19(28-2)22(17)30-23/h3,5,7,10,13,18,21H,4,6,8-9,11-12,14-15H2,1-2H3/t18-,21+/m0/s1. The number of rotatable bonds is 3. The van der Waals surface area contributed by atoms with Crippen molar-refractivity contribution in [3.63, 3.8) is 0 Å². The molecule has 4 heterocycles. The Labute approximate surface area is 176 Å². The van der Waals surface area contributed by atoms with Crippen LogP contribution in [0.2, 0.25) is 0 Å². The molecule has 1 amide bonds. The number of hydrogen-bond acceptors (Lipinski definition) is 5. The second-order valence-electron chi connectivity index (χ2n) is 8.57. The monoisotopic (exact) mass is 411 g/mol. The minimum absolute atomic E-state index is 0.0356. The summed E-state index contributed by atoms with van der Waals surface area (Å²) in [5, 5.41) is 0. The van der Waals surface area contributed by atoms with Crippen molar-refractivity contribution in [1.82, 2.24) is 14.5 Å². The molecular formula is C23H29N3O4. The minimum Gasteiger partial charge on any atom is -0.493 e. The largest absolute Gasteiger partial charge is 0.493 e. The Bertz CT molecular complexity index is 932. The van der Waals surface area contributed by atoms with E-state index in [4.69, 9.17) is 14.2 Å². The zero-order valence-corrected chi connectivity index (χ0v) is 17.7. The summed E-state index contributed by atoms with van der Waals surface area (Å²) in [4.78, 5) is 19.0. The molecule has 2 atom stereocenters. The van der Waals surface area contributed by atoms with Crippen LogP contribution < -0.4 is 9.47 Å². The number of methoxy groups -OCH3 is 1. The van der Waals surface area contributed by atoms with Crippen LogP contribution in [-0.2, 0) is 16.1 Å². The van der Waals surface area contributed by atoms with Gasteiger partial charge in [0.1, 0.15) is 18.0 Å². The van der Waals surface area contributed by atoms with E-state index in [9.17, 15) is 4.79 Å². The smallest absolute Gasteiger partial charge is 0.242 e. The average Bonchev–Trinajstić information content (AvgIpc) is 3.18. The van der Waals surface area contributed by atoms with Crippen LogP contribution in [0.1, 0.15) is 43.2 Å². The van der Waals surface area contributed by atoms with Gasteiger partial charge in [0.15, 0.2) is 11.5 Å². The highest BCUT2D eigenvalue weighted by Crippen LogP contribution is 2.55. The fraction of sp³-hybridized carbons (Fsp3) is 0.565. The summed E-state index contributed by atoms with van der Waals surface area (Å²) in [6.07, 6.45) is 7.38. The minimum atomic E-state index is -0.311. The van der Waals surface area contributed by atoms with Crippen molar-refractivity contribution in [2.45, 2.75) is 50.9 Å². The molecule has 3 aliphatic heterocycles. The van der Waals surface area contributed by atoms with Gasteiger partial charge in [0.25, 0.3) is 0 Å². The van der Waals surface area contributed by atoms with Gasteiger partial charge in [-0.3, -0.25) is 4.79 Å². The average molecular weight is 412 g/mol. The van der Waals surface area contributed by atoms with Crippen molar-refractivity contribution in [2.24, 2.45) is 5.92 Å². The summed E-state index contributed by atoms with van der Waals surface area (Å²) in [5.74, 6) is 2.87. The number of hydrogen-bond donors (Lipinski definition) is 0. The lowest BCUT2D eigenvalue weighted by molar-refractivity contribution is -0.157. The summed E-state index contributed by atoms with van der Waals surface area (Å²) in [6.45, 7) is 4.43. The zero-order valence-electron chi connectivity index (χ0n) is 17.7. The van der Waals surface area contributed by atoms with Gasteiger partial charge < -0.3 is 23.7 Å². The Morgan fingerprint density at radius 3 is 2.90 bits per heavy atom. The Balaban J connectivity index is 1.37. The van der Waals surface area contributed by atoms with Crippen molar-refractivity contribution in [3.05, 3.63) is 42.0 Å². The first-order chi connectivity index (χ1) is 14.6. The lowest BCUT2D eigenvalue weighted by Gasteiger charge is -2.53. The number of carbonyl (C=O) groups excluding carboxylic acids is 1. The predicted octanol–water partition coefficient (Wildman–Crippen LogP) is 3.12. The molecule has 5 rings (SSSR count). The Kier molecular flexibility index (Phi) is 4.93. The molecule has 30 heavy (non-hydrogen) atoms. The van der Waals surface area contributed by atoms with E-state index in [-0.39, 0.29) is 17.6 Å². The van der Waals surface area contributed by atoms with Crippen LogP contribution in [0.5, 0.6) is 11.5 Å². The predicted molar refractivity (Wildman–Crippen MR) is 111 cm³/mol. The number of nitrogens with zero attached hydrogens (tertiary/aromatic N) is 3. The number of imidazole rings is 1. The molecule has 0 aliphatic carbocycles. The molecule has 7 heteroatoms. The summed E-state index contributed by atoms with van der Waals surface area (Å²) >= 11 is 0. The molecule has 1 aromatic heterocycles. The number of fused-ring (bicyclic) bond motifs is 4. The Morgan fingerprint density at radius 1 is 1.33 bits per heavy atom. The summed E-state index contributed by atoms with van der Waals surface area (Å²) in [7, 11) is 1.68. The van der Waals surface area contributed by atoms with Crippen molar-refractivity contribution >= 4 is 5.91 Å². The van der Waals surface area contributed by atoms with E-state index in [1.165, 1.54) is 0 Å². The zero-order chi connectivity index (χ0) is 20.7. The SMILES string of the molecule is COc1cccc2c1OC1(CCN(C(=O)Cn3ccnc3C)CC1)[C@H]1CCCO[C@H]21. The van der Waals surface area contributed by atoms with Gasteiger partial charge in [-0.15, -0.1) is 0 Å². The molecule has 3 aliphatic rings. The van der Waals surface area contributed by atoms with Crippen molar-refractivity contribution < 1.29 is 19.0 Å². The fourth-order valence-electron chi connectivity index (χ4n) is 5.36. The molecule has 0 unspecified atom stereocenters. The summed E-state index contributed by atoms with van der Waals surface area (Å²) in [5.41, 5.74) is 0.785. The van der Waals surface area contributed by atoms with Crippen LogP contribution >= 0.6 is 0 Å². The highest BCUT2D eigenvalue weighted by molar-refractivity contribution is 5.76. The first-order valence-corrected chi connectivity index (χ1v) is 10.8. The third kappa shape index (κ3) is 3.16. The van der Waals surface area contributed by atoms with Gasteiger partial charge in [0.2, 0.25) is 5.91 Å². The van der Waals surface area contributed by atoms with Crippen molar-refractivity contribution in [3.8, 4) is 11.5 Å². The molecular weight excluding hydrogens is 382 g/mol. The number of likely N-dealkylation sites (tertiary alicyclic amines) is 1. The third-order valence-electron chi connectivity index (χ3n) is 7.03. The maximum atomic E-state index is 12.9. The molecule has 1 aromatic carbocycles. The van der Waals surface area contributed by atoms with Crippen LogP contribution in [0.25, 0.3) is 0 Å². The number of piperidine rings is 1. The second kappa shape index (κ2) is 7.61. The number of carbonyl (C=O) groups is 1. The van der Waals surface area contributed by atoms with E-state index < -0.39 is 0 Å². The molecule has 7 nitrogen and oxygen atoms in total. The maximum absolute atomic E-state index is 12.9. The molecule has 0 bridgehead atoms. The quantitative estimate of drug-likeness (QED) is 0.776. The molecule has 0 radical (unpaired) electrons. The van der Waals surface area contributed by atoms with Gasteiger partial charge in [-0.1, -0.05) is 12.1 Å². The molecule has 0 N–H and O–H groups in total. The van der Waals surface area contributed by atoms with Gasteiger partial charge in [-0.2, -0.15) is 0 Å². The lowest BCUT2D eigenvalue weighted by Crippen LogP contribution is -2.58. The van der Waals surface area contributed by atoms with Crippen LogP contribution in [0, 0.1) is 12.8 Å². The third-order valence-corrected chi connectivity index (χ3v) is 7.03. The number of ether oxygens (including phenoxy) is 3. The van der Waals surface area contributed by atoms with Crippen molar-refractivity contribution in [2.75, 3.05) is 26.8 Å². The van der Waals surface area contributed by atoms with E-state index in [2.05, 4.69) is 11.1 Å². The lowest BCUT2D eigenvalue weighted by atomic mass is 9.70. The number of benzene rings is 1. The van der Waals surface area contributed by atoms with Crippen LogP contribution in [0.15, 0.2) is 30.6 Å². The fourth-order valence-corrected chi connectivity index (χ4v) is 5.36. The molecule has 160 valence electrons. The second-order valence-corrected chi connectivity index (χ2v) is 8.57. The summed E-state index contributed by atoms with van der Waals surface area (Å²) in [6, 6.07) is 6.05. The van der Waals surface area contributed by atoms with Crippen LogP contribution in [0.3, 0.4) is 0 Å². The summed E-state index contributed by atoms with van der Waals surface area (Å²) < 4.78 is 20.5. The molecule has 2 saturated heterocycles. The Morgan fingerprint density at radius 2 is 2.17 bits per heavy atom.